The Bertz CT molecular complexity index is 1260. The van der Waals surface area contributed by atoms with Crippen molar-refractivity contribution in [3.63, 3.8) is 0 Å². The third kappa shape index (κ3) is 5.43. The molecule has 1 aromatic heterocycles. The van der Waals surface area contributed by atoms with Gasteiger partial charge < -0.3 is 20.9 Å². The van der Waals surface area contributed by atoms with E-state index >= 15 is 0 Å². The van der Waals surface area contributed by atoms with Gasteiger partial charge in [-0.1, -0.05) is 18.2 Å². The van der Waals surface area contributed by atoms with Gasteiger partial charge in [0.15, 0.2) is 11.5 Å². The van der Waals surface area contributed by atoms with E-state index in [0.29, 0.717) is 24.5 Å². The van der Waals surface area contributed by atoms with Crippen LogP contribution in [0.1, 0.15) is 32.0 Å². The molecule has 188 valence electrons. The number of benzene rings is 2. The Morgan fingerprint density at radius 3 is 2.33 bits per heavy atom. The van der Waals surface area contributed by atoms with Crippen LogP contribution in [0, 0.1) is 5.82 Å². The van der Waals surface area contributed by atoms with Crippen LogP contribution in [-0.4, -0.2) is 53.1 Å². The fourth-order valence-corrected chi connectivity index (χ4v) is 3.82. The van der Waals surface area contributed by atoms with Crippen LogP contribution in [-0.2, 0) is 12.7 Å². The molecule has 0 unspecified atom stereocenters. The molecule has 12 heteroatoms. The molecule has 0 radical (unpaired) electrons. The van der Waals surface area contributed by atoms with Crippen molar-refractivity contribution in [3.05, 3.63) is 82.8 Å². The number of nitrogens with zero attached hydrogens (tertiary/aromatic N) is 4. The van der Waals surface area contributed by atoms with Gasteiger partial charge in [0.1, 0.15) is 5.82 Å². The van der Waals surface area contributed by atoms with Gasteiger partial charge in [-0.25, -0.2) is 4.39 Å². The number of amides is 2. The van der Waals surface area contributed by atoms with Crippen LogP contribution in [0.2, 0.25) is 0 Å². The van der Waals surface area contributed by atoms with Crippen LogP contribution in [0.4, 0.5) is 29.1 Å². The van der Waals surface area contributed by atoms with Crippen molar-refractivity contribution in [2.24, 2.45) is 5.73 Å². The van der Waals surface area contributed by atoms with E-state index in [1.54, 1.807) is 11.0 Å². The minimum absolute atomic E-state index is 0.0262. The van der Waals surface area contributed by atoms with Crippen molar-refractivity contribution >= 4 is 23.3 Å². The number of rotatable bonds is 5. The summed E-state index contributed by atoms with van der Waals surface area (Å²) < 4.78 is 53.8. The standard InChI is InChI=1S/C24H22F4N6O2/c25-18-6-5-15(14-29)13-20(18)30-22(35)19-7-8-21(32-31-19)33-9-11-34(12-10-33)23(36)16-3-1-2-4-17(16)24(26,27)28/h1-8,13H,9-12,14,29H2,(H,30,35). The Balaban J connectivity index is 1.38. The minimum Gasteiger partial charge on any atom is -0.352 e. The Labute approximate surface area is 203 Å². The third-order valence-electron chi connectivity index (χ3n) is 5.75. The predicted octanol–water partition coefficient (Wildman–Crippen LogP) is 3.31. The second-order valence-electron chi connectivity index (χ2n) is 8.07. The molecule has 2 amide bonds. The van der Waals surface area contributed by atoms with Gasteiger partial charge in [-0.3, -0.25) is 9.59 Å². The Morgan fingerprint density at radius 2 is 1.69 bits per heavy atom. The van der Waals surface area contributed by atoms with Crippen molar-refractivity contribution in [1.29, 1.82) is 0 Å². The van der Waals surface area contributed by atoms with Gasteiger partial charge in [-0.05, 0) is 42.0 Å². The number of alkyl halides is 3. The average molecular weight is 502 g/mol. The van der Waals surface area contributed by atoms with E-state index in [0.717, 1.165) is 6.07 Å². The van der Waals surface area contributed by atoms with E-state index in [9.17, 15) is 27.2 Å². The van der Waals surface area contributed by atoms with Crippen molar-refractivity contribution in [2.45, 2.75) is 12.7 Å². The van der Waals surface area contributed by atoms with Crippen molar-refractivity contribution < 1.29 is 27.2 Å². The molecular formula is C24H22F4N6O2. The second kappa shape index (κ2) is 10.3. The molecule has 1 saturated heterocycles. The highest BCUT2D eigenvalue weighted by molar-refractivity contribution is 6.03. The molecule has 3 aromatic rings. The lowest BCUT2D eigenvalue weighted by molar-refractivity contribution is -0.138. The van der Waals surface area contributed by atoms with Gasteiger partial charge in [0.05, 0.1) is 16.8 Å². The van der Waals surface area contributed by atoms with E-state index in [-0.39, 0.29) is 36.6 Å². The van der Waals surface area contributed by atoms with Crippen LogP contribution in [0.5, 0.6) is 0 Å². The highest BCUT2D eigenvalue weighted by Gasteiger charge is 2.36. The molecule has 2 aromatic carbocycles. The quantitative estimate of drug-likeness (QED) is 0.519. The molecule has 0 atom stereocenters. The van der Waals surface area contributed by atoms with Gasteiger partial charge in [-0.15, -0.1) is 10.2 Å². The monoisotopic (exact) mass is 502 g/mol. The lowest BCUT2D eigenvalue weighted by Gasteiger charge is -2.35. The van der Waals surface area contributed by atoms with E-state index in [1.807, 2.05) is 0 Å². The van der Waals surface area contributed by atoms with E-state index in [2.05, 4.69) is 15.5 Å². The number of nitrogens with one attached hydrogen (secondary N) is 1. The smallest absolute Gasteiger partial charge is 0.352 e. The number of hydrogen-bond donors (Lipinski definition) is 2. The molecular weight excluding hydrogens is 480 g/mol. The molecule has 4 rings (SSSR count). The first-order valence-corrected chi connectivity index (χ1v) is 11.0. The summed E-state index contributed by atoms with van der Waals surface area (Å²) in [6.07, 6.45) is -4.63. The van der Waals surface area contributed by atoms with E-state index in [1.165, 1.54) is 47.4 Å². The average Bonchev–Trinajstić information content (AvgIpc) is 2.89. The van der Waals surface area contributed by atoms with Crippen LogP contribution < -0.4 is 16.0 Å². The molecule has 0 saturated carbocycles. The molecule has 1 aliphatic rings. The van der Waals surface area contributed by atoms with Crippen LogP contribution in [0.15, 0.2) is 54.6 Å². The summed E-state index contributed by atoms with van der Waals surface area (Å²) >= 11 is 0. The van der Waals surface area contributed by atoms with E-state index in [4.69, 9.17) is 5.73 Å². The predicted molar refractivity (Wildman–Crippen MR) is 124 cm³/mol. The Hall–Kier alpha value is -4.06. The third-order valence-corrected chi connectivity index (χ3v) is 5.75. The largest absolute Gasteiger partial charge is 0.417 e. The molecule has 3 N–H and O–H groups in total. The molecule has 2 heterocycles. The van der Waals surface area contributed by atoms with Crippen LogP contribution in [0.3, 0.4) is 0 Å². The van der Waals surface area contributed by atoms with E-state index < -0.39 is 29.4 Å². The lowest BCUT2D eigenvalue weighted by atomic mass is 10.1. The normalized spacial score (nSPS) is 14.0. The summed E-state index contributed by atoms with van der Waals surface area (Å²) in [6, 6.07) is 11.8. The zero-order valence-corrected chi connectivity index (χ0v) is 18.9. The first kappa shape index (κ1) is 25.0. The number of carbonyl (C=O) groups is 2. The van der Waals surface area contributed by atoms with Crippen molar-refractivity contribution in [3.8, 4) is 0 Å². The SMILES string of the molecule is NCc1ccc(F)c(NC(=O)c2ccc(N3CCN(C(=O)c4ccccc4C(F)(F)F)CC3)nn2)c1. The molecule has 1 aliphatic heterocycles. The Kier molecular flexibility index (Phi) is 7.15. The van der Waals surface area contributed by atoms with Gasteiger partial charge in [-0.2, -0.15) is 13.2 Å². The van der Waals surface area contributed by atoms with Crippen LogP contribution in [0.25, 0.3) is 0 Å². The molecule has 1 fully saturated rings. The molecule has 8 nitrogen and oxygen atoms in total. The minimum atomic E-state index is -4.63. The Morgan fingerprint density at radius 1 is 0.972 bits per heavy atom. The molecule has 0 aliphatic carbocycles. The fraction of sp³-hybridized carbons (Fsp3) is 0.250. The number of hydrogen-bond acceptors (Lipinski definition) is 6. The first-order chi connectivity index (χ1) is 17.2. The fourth-order valence-electron chi connectivity index (χ4n) is 3.82. The van der Waals surface area contributed by atoms with Crippen LogP contribution >= 0.6 is 0 Å². The summed E-state index contributed by atoms with van der Waals surface area (Å²) in [5, 5.41) is 10.4. The van der Waals surface area contributed by atoms with Crippen molar-refractivity contribution in [1.82, 2.24) is 15.1 Å². The second-order valence-corrected chi connectivity index (χ2v) is 8.07. The zero-order valence-electron chi connectivity index (χ0n) is 18.9. The summed E-state index contributed by atoms with van der Waals surface area (Å²) in [5.41, 5.74) is 4.78. The lowest BCUT2D eigenvalue weighted by Crippen LogP contribution is -2.49. The summed E-state index contributed by atoms with van der Waals surface area (Å²) in [5.74, 6) is -1.52. The summed E-state index contributed by atoms with van der Waals surface area (Å²) in [4.78, 5) is 28.4. The molecule has 36 heavy (non-hydrogen) atoms. The number of halogens is 4. The highest BCUT2D eigenvalue weighted by atomic mass is 19.4. The van der Waals surface area contributed by atoms with Gasteiger partial charge in [0.2, 0.25) is 0 Å². The van der Waals surface area contributed by atoms with Gasteiger partial charge >= 0.3 is 6.18 Å². The first-order valence-electron chi connectivity index (χ1n) is 11.0. The zero-order chi connectivity index (χ0) is 25.9. The number of carbonyl (C=O) groups excluding carboxylic acids is 2. The van der Waals surface area contributed by atoms with Crippen molar-refractivity contribution in [2.75, 3.05) is 36.4 Å². The summed E-state index contributed by atoms with van der Waals surface area (Å²) in [7, 11) is 0. The van der Waals surface area contributed by atoms with Gasteiger partial charge in [0, 0.05) is 32.7 Å². The summed E-state index contributed by atoms with van der Waals surface area (Å²) in [6.45, 7) is 1.19. The number of piperazine rings is 1. The maximum atomic E-state index is 14.0. The van der Waals surface area contributed by atoms with Gasteiger partial charge in [0.25, 0.3) is 11.8 Å². The number of anilines is 2. The molecule has 0 spiro atoms. The number of nitrogens with two attached hydrogens (primary N) is 1. The maximum Gasteiger partial charge on any atom is 0.417 e. The molecule has 0 bridgehead atoms. The number of aromatic nitrogens is 2. The highest BCUT2D eigenvalue weighted by Crippen LogP contribution is 2.32. The topological polar surface area (TPSA) is 104 Å². The maximum absolute atomic E-state index is 14.0.